The first-order valence-electron chi connectivity index (χ1n) is 4.88. The molecule has 1 atom stereocenters. The van der Waals surface area contributed by atoms with Gasteiger partial charge in [-0.15, -0.1) is 11.3 Å². The number of halogens is 1. The SMILES string of the molecule is O=C(NCc1cc(Br)cs1)[C@H]1CCCO1. The number of nitrogens with one attached hydrogen (secondary N) is 1. The topological polar surface area (TPSA) is 38.3 Å². The van der Waals surface area contributed by atoms with Crippen molar-refractivity contribution in [2.45, 2.75) is 25.5 Å². The normalized spacial score (nSPS) is 20.5. The Morgan fingerprint density at radius 2 is 2.60 bits per heavy atom. The minimum absolute atomic E-state index is 0.0111. The van der Waals surface area contributed by atoms with Crippen molar-refractivity contribution < 1.29 is 9.53 Å². The molecule has 3 nitrogen and oxygen atoms in total. The Morgan fingerprint density at radius 1 is 1.73 bits per heavy atom. The van der Waals surface area contributed by atoms with Crippen LogP contribution in [0.1, 0.15) is 17.7 Å². The van der Waals surface area contributed by atoms with E-state index in [0.717, 1.165) is 22.2 Å². The van der Waals surface area contributed by atoms with Crippen molar-refractivity contribution >= 4 is 33.2 Å². The van der Waals surface area contributed by atoms with Crippen LogP contribution in [0.25, 0.3) is 0 Å². The van der Waals surface area contributed by atoms with E-state index in [9.17, 15) is 4.79 Å². The predicted molar refractivity (Wildman–Crippen MR) is 62.8 cm³/mol. The van der Waals surface area contributed by atoms with Crippen molar-refractivity contribution in [3.05, 3.63) is 20.8 Å². The molecule has 1 aromatic rings. The Balaban J connectivity index is 1.80. The van der Waals surface area contributed by atoms with Gasteiger partial charge >= 0.3 is 0 Å². The minimum atomic E-state index is -0.228. The standard InChI is InChI=1S/C10H12BrNO2S/c11-7-4-8(15-6-7)5-12-10(13)9-2-1-3-14-9/h4,6,9H,1-3,5H2,(H,12,13)/t9-/m1/s1. The molecule has 1 aliphatic heterocycles. The largest absolute Gasteiger partial charge is 0.368 e. The maximum Gasteiger partial charge on any atom is 0.249 e. The van der Waals surface area contributed by atoms with Gasteiger partial charge in [0, 0.05) is 21.3 Å². The van der Waals surface area contributed by atoms with Crippen LogP contribution < -0.4 is 5.32 Å². The molecule has 0 radical (unpaired) electrons. The summed E-state index contributed by atoms with van der Waals surface area (Å²) in [6, 6.07) is 2.01. The van der Waals surface area contributed by atoms with E-state index >= 15 is 0 Å². The molecule has 82 valence electrons. The van der Waals surface area contributed by atoms with Crippen LogP contribution in [0.5, 0.6) is 0 Å². The van der Waals surface area contributed by atoms with Crippen molar-refractivity contribution in [3.8, 4) is 0 Å². The van der Waals surface area contributed by atoms with Crippen LogP contribution in [-0.4, -0.2) is 18.6 Å². The van der Waals surface area contributed by atoms with Crippen molar-refractivity contribution in [2.24, 2.45) is 0 Å². The van der Waals surface area contributed by atoms with Crippen LogP contribution in [0.15, 0.2) is 15.9 Å². The van der Waals surface area contributed by atoms with Gasteiger partial charge in [-0.2, -0.15) is 0 Å². The zero-order chi connectivity index (χ0) is 10.7. The number of thiophene rings is 1. The van der Waals surface area contributed by atoms with Crippen LogP contribution in [0.4, 0.5) is 0 Å². The van der Waals surface area contributed by atoms with Crippen LogP contribution in [0.2, 0.25) is 0 Å². The van der Waals surface area contributed by atoms with Crippen molar-refractivity contribution in [2.75, 3.05) is 6.61 Å². The summed E-state index contributed by atoms with van der Waals surface area (Å²) in [5, 5.41) is 4.89. The van der Waals surface area contributed by atoms with Gasteiger partial charge in [-0.05, 0) is 34.8 Å². The molecule has 0 aromatic carbocycles. The number of hydrogen-bond donors (Lipinski definition) is 1. The fourth-order valence-electron chi connectivity index (χ4n) is 1.52. The van der Waals surface area contributed by atoms with E-state index in [1.807, 2.05) is 11.4 Å². The zero-order valence-electron chi connectivity index (χ0n) is 8.16. The Labute approximate surface area is 101 Å². The van der Waals surface area contributed by atoms with Crippen molar-refractivity contribution in [1.82, 2.24) is 5.32 Å². The van der Waals surface area contributed by atoms with Crippen LogP contribution in [0.3, 0.4) is 0 Å². The number of carbonyl (C=O) groups excluding carboxylic acids is 1. The number of amides is 1. The molecule has 1 N–H and O–H groups in total. The Morgan fingerprint density at radius 3 is 3.20 bits per heavy atom. The maximum atomic E-state index is 11.6. The highest BCUT2D eigenvalue weighted by molar-refractivity contribution is 9.10. The quantitative estimate of drug-likeness (QED) is 0.927. The summed E-state index contributed by atoms with van der Waals surface area (Å²) in [5.74, 6) is 0.0111. The van der Waals surface area contributed by atoms with Gasteiger partial charge in [0.1, 0.15) is 6.10 Å². The van der Waals surface area contributed by atoms with Gasteiger partial charge in [-0.25, -0.2) is 0 Å². The first-order chi connectivity index (χ1) is 7.25. The summed E-state index contributed by atoms with van der Waals surface area (Å²) >= 11 is 5.01. The Hall–Kier alpha value is -0.390. The van der Waals surface area contributed by atoms with Gasteiger partial charge in [0.25, 0.3) is 0 Å². The molecule has 2 heterocycles. The van der Waals surface area contributed by atoms with Gasteiger partial charge < -0.3 is 10.1 Å². The Bertz CT molecular complexity index is 347. The summed E-state index contributed by atoms with van der Waals surface area (Å²) in [4.78, 5) is 12.7. The summed E-state index contributed by atoms with van der Waals surface area (Å²) in [6.07, 6.45) is 1.61. The molecule has 5 heteroatoms. The third-order valence-corrected chi connectivity index (χ3v) is 3.98. The van der Waals surface area contributed by atoms with E-state index in [4.69, 9.17) is 4.74 Å². The fraction of sp³-hybridized carbons (Fsp3) is 0.500. The number of ether oxygens (including phenoxy) is 1. The molecule has 0 unspecified atom stereocenters. The highest BCUT2D eigenvalue weighted by Gasteiger charge is 2.22. The Kier molecular flexibility index (Phi) is 3.77. The molecule has 2 rings (SSSR count). The van der Waals surface area contributed by atoms with E-state index in [-0.39, 0.29) is 12.0 Å². The molecule has 15 heavy (non-hydrogen) atoms. The number of hydrogen-bond acceptors (Lipinski definition) is 3. The lowest BCUT2D eigenvalue weighted by atomic mass is 10.2. The molecule has 1 aromatic heterocycles. The summed E-state index contributed by atoms with van der Waals surface area (Å²) < 4.78 is 6.35. The highest BCUT2D eigenvalue weighted by Crippen LogP contribution is 2.19. The van der Waals surface area contributed by atoms with Crippen LogP contribution in [-0.2, 0) is 16.1 Å². The number of rotatable bonds is 3. The van der Waals surface area contributed by atoms with Crippen LogP contribution >= 0.6 is 27.3 Å². The van der Waals surface area contributed by atoms with Gasteiger partial charge in [-0.3, -0.25) is 4.79 Å². The third-order valence-electron chi connectivity index (χ3n) is 2.28. The van der Waals surface area contributed by atoms with Gasteiger partial charge in [-0.1, -0.05) is 0 Å². The van der Waals surface area contributed by atoms with Crippen molar-refractivity contribution in [1.29, 1.82) is 0 Å². The lowest BCUT2D eigenvalue weighted by molar-refractivity contribution is -0.130. The second kappa shape index (κ2) is 5.09. The summed E-state index contributed by atoms with van der Waals surface area (Å²) in [6.45, 7) is 1.30. The lowest BCUT2D eigenvalue weighted by Gasteiger charge is -2.09. The molecule has 0 saturated carbocycles. The van der Waals surface area contributed by atoms with Gasteiger partial charge in [0.2, 0.25) is 5.91 Å². The molecule has 0 bridgehead atoms. The first kappa shape index (κ1) is 11.1. The lowest BCUT2D eigenvalue weighted by Crippen LogP contribution is -2.33. The van der Waals surface area contributed by atoms with E-state index < -0.39 is 0 Å². The van der Waals surface area contributed by atoms with E-state index in [2.05, 4.69) is 21.2 Å². The molecule has 1 fully saturated rings. The van der Waals surface area contributed by atoms with Gasteiger partial charge in [0.15, 0.2) is 0 Å². The average Bonchev–Trinajstić information content (AvgIpc) is 2.84. The monoisotopic (exact) mass is 289 g/mol. The molecular formula is C10H12BrNO2S. The molecular weight excluding hydrogens is 278 g/mol. The minimum Gasteiger partial charge on any atom is -0.368 e. The second-order valence-corrected chi connectivity index (χ2v) is 5.36. The highest BCUT2D eigenvalue weighted by atomic mass is 79.9. The van der Waals surface area contributed by atoms with Gasteiger partial charge in [0.05, 0.1) is 6.54 Å². The van der Waals surface area contributed by atoms with E-state index in [0.29, 0.717) is 13.2 Å². The smallest absolute Gasteiger partial charge is 0.249 e. The van der Waals surface area contributed by atoms with E-state index in [1.165, 1.54) is 0 Å². The van der Waals surface area contributed by atoms with Crippen LogP contribution in [0, 0.1) is 0 Å². The number of carbonyl (C=O) groups is 1. The maximum absolute atomic E-state index is 11.6. The molecule has 1 saturated heterocycles. The third kappa shape index (κ3) is 3.03. The first-order valence-corrected chi connectivity index (χ1v) is 6.55. The molecule has 1 aliphatic rings. The summed E-state index contributed by atoms with van der Waals surface area (Å²) in [5.41, 5.74) is 0. The summed E-state index contributed by atoms with van der Waals surface area (Å²) in [7, 11) is 0. The molecule has 0 aliphatic carbocycles. The van der Waals surface area contributed by atoms with E-state index in [1.54, 1.807) is 11.3 Å². The molecule has 0 spiro atoms. The zero-order valence-corrected chi connectivity index (χ0v) is 10.6. The predicted octanol–water partition coefficient (Wildman–Crippen LogP) is 2.31. The van der Waals surface area contributed by atoms with Crippen molar-refractivity contribution in [3.63, 3.8) is 0 Å². The second-order valence-electron chi connectivity index (χ2n) is 3.45. The fourth-order valence-corrected chi connectivity index (χ4v) is 2.91. The molecule has 1 amide bonds. The average molecular weight is 290 g/mol.